The number of carbonyl (C=O) groups is 1. The van der Waals surface area contributed by atoms with Crippen LogP contribution in [-0.2, 0) is 6.54 Å². The number of nitrogens with zero attached hydrogens (tertiary/aromatic N) is 4. The highest BCUT2D eigenvalue weighted by Crippen LogP contribution is 2.30. The van der Waals surface area contributed by atoms with Gasteiger partial charge in [0.2, 0.25) is 0 Å². The highest BCUT2D eigenvalue weighted by Gasteiger charge is 2.21. The van der Waals surface area contributed by atoms with Crippen LogP contribution >= 0.6 is 12.1 Å². The first-order valence-electron chi connectivity index (χ1n) is 10.8. The number of aldehydes is 1. The van der Waals surface area contributed by atoms with Gasteiger partial charge in [0.1, 0.15) is 11.3 Å². The molecule has 0 saturated carbocycles. The van der Waals surface area contributed by atoms with Crippen molar-refractivity contribution in [2.45, 2.75) is 45.2 Å². The predicted molar refractivity (Wildman–Crippen MR) is 131 cm³/mol. The van der Waals surface area contributed by atoms with Crippen LogP contribution in [-0.4, -0.2) is 31.8 Å². The number of halogens is 1. The fourth-order valence-corrected chi connectivity index (χ4v) is 3.81. The van der Waals surface area contributed by atoms with Gasteiger partial charge < -0.3 is 9.88 Å². The Morgan fingerprint density at radius 2 is 1.85 bits per heavy atom. The molecule has 1 unspecified atom stereocenters. The standard InChI is InChI=1S/C25H26FN5OS/c1-15(2)17(4)27-23-22-24(29-21(14-32)28-23)30-25(19-7-5-6-16(3)12-19)31(22)13-18-8-10-20(33-26)11-9-18/h5-12,14-15,17H,13H2,1-4H3,(H,27,28,29). The molecule has 0 saturated heterocycles. The molecule has 0 spiro atoms. The molecule has 1 atom stereocenters. The number of rotatable bonds is 8. The minimum atomic E-state index is 0.0886. The molecule has 0 aliphatic rings. The van der Waals surface area contributed by atoms with Crippen LogP contribution in [0.1, 0.15) is 42.5 Å². The third kappa shape index (κ3) is 4.90. The molecule has 8 heteroatoms. The van der Waals surface area contributed by atoms with Crippen molar-refractivity contribution in [3.05, 3.63) is 65.5 Å². The summed E-state index contributed by atoms with van der Waals surface area (Å²) in [6, 6.07) is 15.5. The lowest BCUT2D eigenvalue weighted by atomic mass is 10.1. The lowest BCUT2D eigenvalue weighted by molar-refractivity contribution is 0.111. The summed E-state index contributed by atoms with van der Waals surface area (Å²) < 4.78 is 15.0. The van der Waals surface area contributed by atoms with Gasteiger partial charge in [0.15, 0.2) is 23.6 Å². The number of aromatic nitrogens is 4. The zero-order valence-electron chi connectivity index (χ0n) is 19.0. The maximum Gasteiger partial charge on any atom is 0.196 e. The molecular formula is C25H26FN5OS. The van der Waals surface area contributed by atoms with E-state index in [1.165, 1.54) is 0 Å². The fraction of sp³-hybridized carbons (Fsp3) is 0.280. The predicted octanol–water partition coefficient (Wildman–Crippen LogP) is 6.10. The van der Waals surface area contributed by atoms with Crippen LogP contribution in [0.2, 0.25) is 0 Å². The Balaban J connectivity index is 1.94. The molecule has 2 aromatic heterocycles. The van der Waals surface area contributed by atoms with E-state index in [9.17, 15) is 8.68 Å². The number of hydrogen-bond acceptors (Lipinski definition) is 6. The Labute approximate surface area is 197 Å². The first kappa shape index (κ1) is 22.9. The van der Waals surface area contributed by atoms with Crippen molar-refractivity contribution in [1.82, 2.24) is 19.5 Å². The van der Waals surface area contributed by atoms with Gasteiger partial charge in [0.05, 0.1) is 12.1 Å². The van der Waals surface area contributed by atoms with Crippen molar-refractivity contribution in [3.8, 4) is 11.4 Å². The average molecular weight is 464 g/mol. The zero-order valence-corrected chi connectivity index (χ0v) is 19.9. The molecule has 33 heavy (non-hydrogen) atoms. The second-order valence-corrected chi connectivity index (χ2v) is 9.14. The van der Waals surface area contributed by atoms with Crippen molar-refractivity contribution in [2.75, 3.05) is 5.32 Å². The van der Waals surface area contributed by atoms with E-state index >= 15 is 0 Å². The van der Waals surface area contributed by atoms with Gasteiger partial charge in [-0.05, 0) is 43.5 Å². The molecule has 0 aliphatic heterocycles. The van der Waals surface area contributed by atoms with E-state index in [0.29, 0.717) is 35.1 Å². The normalized spacial score (nSPS) is 12.3. The Morgan fingerprint density at radius 3 is 2.48 bits per heavy atom. The smallest absolute Gasteiger partial charge is 0.196 e. The quantitative estimate of drug-likeness (QED) is 0.319. The average Bonchev–Trinajstić information content (AvgIpc) is 3.17. The molecule has 2 heterocycles. The molecule has 4 rings (SSSR count). The van der Waals surface area contributed by atoms with Gasteiger partial charge in [-0.25, -0.2) is 15.0 Å². The van der Waals surface area contributed by atoms with E-state index in [0.717, 1.165) is 28.0 Å². The van der Waals surface area contributed by atoms with Crippen LogP contribution in [0.25, 0.3) is 22.6 Å². The molecular weight excluding hydrogens is 437 g/mol. The van der Waals surface area contributed by atoms with E-state index in [1.54, 1.807) is 12.1 Å². The highest BCUT2D eigenvalue weighted by molar-refractivity contribution is 7.94. The third-order valence-corrected chi connectivity index (χ3v) is 6.17. The van der Waals surface area contributed by atoms with Crippen molar-refractivity contribution in [3.63, 3.8) is 0 Å². The van der Waals surface area contributed by atoms with Gasteiger partial charge in [-0.2, -0.15) is 3.89 Å². The minimum Gasteiger partial charge on any atom is -0.365 e. The second kappa shape index (κ2) is 9.70. The number of imidazole rings is 1. The number of nitrogens with one attached hydrogen (secondary N) is 1. The van der Waals surface area contributed by atoms with Gasteiger partial charge in [-0.15, -0.1) is 0 Å². The maximum atomic E-state index is 12.9. The van der Waals surface area contributed by atoms with Crippen molar-refractivity contribution >= 4 is 35.4 Å². The third-order valence-electron chi connectivity index (χ3n) is 5.72. The topological polar surface area (TPSA) is 72.7 Å². The first-order valence-corrected chi connectivity index (χ1v) is 11.6. The molecule has 2 aromatic carbocycles. The first-order chi connectivity index (χ1) is 15.9. The van der Waals surface area contributed by atoms with E-state index in [2.05, 4.69) is 46.7 Å². The molecule has 0 bridgehead atoms. The Bertz CT molecular complexity index is 1290. The molecule has 6 nitrogen and oxygen atoms in total. The minimum absolute atomic E-state index is 0.0886. The number of anilines is 1. The molecule has 170 valence electrons. The van der Waals surface area contributed by atoms with Gasteiger partial charge in [-0.3, -0.25) is 4.79 Å². The summed E-state index contributed by atoms with van der Waals surface area (Å²) in [6.07, 6.45) is 0.642. The summed E-state index contributed by atoms with van der Waals surface area (Å²) in [7, 11) is 0. The van der Waals surface area contributed by atoms with Gasteiger partial charge in [0.25, 0.3) is 0 Å². The second-order valence-electron chi connectivity index (χ2n) is 8.51. The summed E-state index contributed by atoms with van der Waals surface area (Å²) in [6.45, 7) is 8.85. The number of aryl methyl sites for hydroxylation is 1. The van der Waals surface area contributed by atoms with Crippen molar-refractivity contribution < 1.29 is 8.68 Å². The van der Waals surface area contributed by atoms with Gasteiger partial charge in [-0.1, -0.05) is 49.7 Å². The van der Waals surface area contributed by atoms with Crippen molar-refractivity contribution in [1.29, 1.82) is 0 Å². The summed E-state index contributed by atoms with van der Waals surface area (Å²) in [5.74, 6) is 1.75. The molecule has 4 aromatic rings. The highest BCUT2D eigenvalue weighted by atomic mass is 32.2. The lowest BCUT2D eigenvalue weighted by Gasteiger charge is -2.19. The maximum absolute atomic E-state index is 12.9. The summed E-state index contributed by atoms with van der Waals surface area (Å²) in [4.78, 5) is 25.8. The van der Waals surface area contributed by atoms with Crippen LogP contribution in [0.4, 0.5) is 9.70 Å². The molecule has 0 radical (unpaired) electrons. The van der Waals surface area contributed by atoms with E-state index in [-0.39, 0.29) is 24.0 Å². The summed E-state index contributed by atoms with van der Waals surface area (Å²) >= 11 is 0.223. The Morgan fingerprint density at radius 1 is 1.09 bits per heavy atom. The van der Waals surface area contributed by atoms with Gasteiger partial charge >= 0.3 is 0 Å². The lowest BCUT2D eigenvalue weighted by Crippen LogP contribution is -2.23. The Kier molecular flexibility index (Phi) is 6.74. The van der Waals surface area contributed by atoms with Gasteiger partial charge in [0, 0.05) is 23.0 Å². The van der Waals surface area contributed by atoms with Crippen LogP contribution in [0.5, 0.6) is 0 Å². The summed E-state index contributed by atoms with van der Waals surface area (Å²) in [5.41, 5.74) is 4.23. The monoisotopic (exact) mass is 463 g/mol. The number of carbonyl (C=O) groups excluding carboxylic acids is 1. The number of hydrogen-bond donors (Lipinski definition) is 1. The fourth-order valence-electron chi connectivity index (χ4n) is 3.58. The molecule has 0 aliphatic carbocycles. The summed E-state index contributed by atoms with van der Waals surface area (Å²) in [5, 5.41) is 3.46. The number of fused-ring (bicyclic) bond motifs is 1. The van der Waals surface area contributed by atoms with E-state index in [4.69, 9.17) is 4.98 Å². The van der Waals surface area contributed by atoms with E-state index < -0.39 is 0 Å². The molecule has 0 amide bonds. The van der Waals surface area contributed by atoms with Crippen LogP contribution < -0.4 is 5.32 Å². The van der Waals surface area contributed by atoms with Crippen molar-refractivity contribution in [2.24, 2.45) is 5.92 Å². The largest absolute Gasteiger partial charge is 0.365 e. The van der Waals surface area contributed by atoms with Crippen LogP contribution in [0.15, 0.2) is 53.4 Å². The molecule has 0 fully saturated rings. The Hall–Kier alpha value is -3.26. The number of benzene rings is 2. The zero-order chi connectivity index (χ0) is 23.5. The SMILES string of the molecule is Cc1cccc(-c2nc3nc(C=O)nc(NC(C)C(C)C)c3n2Cc2ccc(SF)cc2)c1. The van der Waals surface area contributed by atoms with Crippen LogP contribution in [0.3, 0.4) is 0 Å². The molecule has 1 N–H and O–H groups in total. The van der Waals surface area contributed by atoms with Crippen LogP contribution in [0, 0.1) is 12.8 Å². The van der Waals surface area contributed by atoms with E-state index in [1.807, 2.05) is 37.3 Å².